The average molecular weight is 285 g/mol. The fourth-order valence-corrected chi connectivity index (χ4v) is 1.88. The van der Waals surface area contributed by atoms with Gasteiger partial charge in [-0.1, -0.05) is 42.5 Å². The molecule has 0 aliphatic heterocycles. The van der Waals surface area contributed by atoms with E-state index in [-0.39, 0.29) is 36.0 Å². The van der Waals surface area contributed by atoms with E-state index in [1.165, 1.54) is 0 Å². The smallest absolute Gasteiger partial charge is 0.550 e. The van der Waals surface area contributed by atoms with Crippen LogP contribution < -0.4 is 34.7 Å². The molecule has 1 N–H and O–H groups in total. The molecule has 0 saturated heterocycles. The van der Waals surface area contributed by atoms with Gasteiger partial charge >= 0.3 is 29.6 Å². The molecule has 0 spiro atoms. The minimum Gasteiger partial charge on any atom is -0.550 e. The first-order chi connectivity index (χ1) is 8.66. The summed E-state index contributed by atoms with van der Waals surface area (Å²) in [6, 6.07) is 9.83. The molecule has 2 rings (SSSR count). The second-order valence-electron chi connectivity index (χ2n) is 3.91. The number of hydrogen-bond acceptors (Lipinski definition) is 4. The zero-order valence-corrected chi connectivity index (χ0v) is 13.4. The van der Waals surface area contributed by atoms with Gasteiger partial charge in [-0.25, -0.2) is 5.21 Å². The number of carboxylic acids is 1. The zero-order valence-electron chi connectivity index (χ0n) is 10.6. The summed E-state index contributed by atoms with van der Waals surface area (Å²) in [7, 11) is 0. The second-order valence-corrected chi connectivity index (χ2v) is 4.29. The number of nitrogens with one attached hydrogen (secondary N) is 1. The predicted octanol–water partition coefficient (Wildman–Crippen LogP) is -2.32. The molecule has 0 bridgehead atoms. The SMILES string of the molecule is O=C([O-])CCc1n[nH]n(Cc2ccccc2)c1=S.[Na+]. The Morgan fingerprint density at radius 1 is 1.37 bits per heavy atom. The standard InChI is InChI=1S/C12H13N3O2S.Na/c16-11(17)7-6-10-12(18)15(14-13-10)8-9-4-2-1-3-5-9;/h1-5,14H,6-8H2,(H,16,17);/q;+1/p-1. The number of aryl methyl sites for hydroxylation is 1. The maximum atomic E-state index is 10.4. The number of carbonyl (C=O) groups is 1. The van der Waals surface area contributed by atoms with Gasteiger partial charge in [-0.05, 0) is 18.4 Å². The summed E-state index contributed by atoms with van der Waals surface area (Å²) < 4.78 is 2.26. The molecule has 1 aromatic heterocycles. The summed E-state index contributed by atoms with van der Waals surface area (Å²) in [6.07, 6.45) is 0.222. The van der Waals surface area contributed by atoms with Crippen molar-refractivity contribution in [2.24, 2.45) is 0 Å². The van der Waals surface area contributed by atoms with Gasteiger partial charge in [-0.2, -0.15) is 5.10 Å². The zero-order chi connectivity index (χ0) is 13.0. The van der Waals surface area contributed by atoms with Gasteiger partial charge in [0.25, 0.3) is 0 Å². The molecule has 0 saturated carbocycles. The van der Waals surface area contributed by atoms with Gasteiger partial charge in [-0.3, -0.25) is 4.68 Å². The number of rotatable bonds is 5. The molecular formula is C12H12N3NaO2S. The molecule has 2 aromatic rings. The average Bonchev–Trinajstić information content (AvgIpc) is 2.70. The number of aromatic nitrogens is 3. The van der Waals surface area contributed by atoms with E-state index >= 15 is 0 Å². The molecule has 0 radical (unpaired) electrons. The topological polar surface area (TPSA) is 73.7 Å². The van der Waals surface area contributed by atoms with E-state index in [9.17, 15) is 9.90 Å². The summed E-state index contributed by atoms with van der Waals surface area (Å²) in [5, 5.41) is 17.2. The van der Waals surface area contributed by atoms with Crippen molar-refractivity contribution in [3.05, 3.63) is 46.2 Å². The van der Waals surface area contributed by atoms with E-state index in [0.717, 1.165) is 5.56 Å². The van der Waals surface area contributed by atoms with Crippen molar-refractivity contribution in [3.8, 4) is 0 Å². The van der Waals surface area contributed by atoms with Crippen molar-refractivity contribution < 1.29 is 39.5 Å². The normalized spacial score (nSPS) is 9.89. The summed E-state index contributed by atoms with van der Waals surface area (Å²) in [4.78, 5) is 10.4. The first-order valence-corrected chi connectivity index (χ1v) is 5.95. The Morgan fingerprint density at radius 2 is 2.05 bits per heavy atom. The fourth-order valence-electron chi connectivity index (χ4n) is 1.63. The summed E-state index contributed by atoms with van der Waals surface area (Å²) in [5.41, 5.74) is 1.69. The number of benzene rings is 1. The van der Waals surface area contributed by atoms with Crippen LogP contribution >= 0.6 is 12.2 Å². The third-order valence-electron chi connectivity index (χ3n) is 2.55. The molecule has 1 heterocycles. The van der Waals surface area contributed by atoms with Crippen molar-refractivity contribution >= 4 is 18.2 Å². The van der Waals surface area contributed by atoms with Crippen LogP contribution in [0.5, 0.6) is 0 Å². The second kappa shape index (κ2) is 7.59. The fraction of sp³-hybridized carbons (Fsp3) is 0.250. The molecule has 1 aromatic carbocycles. The van der Waals surface area contributed by atoms with Crippen molar-refractivity contribution in [3.63, 3.8) is 0 Å². The van der Waals surface area contributed by atoms with Gasteiger partial charge < -0.3 is 9.90 Å². The first-order valence-electron chi connectivity index (χ1n) is 5.54. The van der Waals surface area contributed by atoms with Crippen molar-refractivity contribution in [1.82, 2.24) is 15.0 Å². The molecule has 0 aliphatic rings. The maximum Gasteiger partial charge on any atom is 1.00 e. The Bertz CT molecular complexity index is 595. The molecule has 0 aliphatic carbocycles. The van der Waals surface area contributed by atoms with E-state index in [1.807, 2.05) is 30.3 Å². The number of carboxylic acid groups (broad SMARTS) is 1. The minimum absolute atomic E-state index is 0. The largest absolute Gasteiger partial charge is 1.00 e. The maximum absolute atomic E-state index is 10.4. The Kier molecular flexibility index (Phi) is 6.44. The van der Waals surface area contributed by atoms with Crippen molar-refractivity contribution in [1.29, 1.82) is 0 Å². The quantitative estimate of drug-likeness (QED) is 0.494. The van der Waals surface area contributed by atoms with Gasteiger partial charge in [0, 0.05) is 5.97 Å². The summed E-state index contributed by atoms with van der Waals surface area (Å²) in [6.45, 7) is 0.595. The van der Waals surface area contributed by atoms with Crippen molar-refractivity contribution in [2.45, 2.75) is 19.4 Å². The predicted molar refractivity (Wildman–Crippen MR) is 66.3 cm³/mol. The van der Waals surface area contributed by atoms with E-state index in [2.05, 4.69) is 10.3 Å². The Balaban J connectivity index is 0.00000180. The van der Waals surface area contributed by atoms with Crippen LogP contribution in [0.1, 0.15) is 17.7 Å². The number of H-pyrrole nitrogens is 1. The van der Waals surface area contributed by atoms with Crippen LogP contribution in [-0.4, -0.2) is 21.0 Å². The Labute approximate surface area is 137 Å². The number of aliphatic carboxylic acids is 1. The molecule has 0 atom stereocenters. The van der Waals surface area contributed by atoms with Crippen LogP contribution in [0.4, 0.5) is 0 Å². The summed E-state index contributed by atoms with van der Waals surface area (Å²) in [5.74, 6) is -1.10. The van der Waals surface area contributed by atoms with Crippen LogP contribution in [0.2, 0.25) is 0 Å². The van der Waals surface area contributed by atoms with Crippen LogP contribution in [0, 0.1) is 4.64 Å². The molecule has 19 heavy (non-hydrogen) atoms. The van der Waals surface area contributed by atoms with Gasteiger partial charge in [0.15, 0.2) is 0 Å². The molecule has 94 valence electrons. The van der Waals surface area contributed by atoms with E-state index in [1.54, 1.807) is 4.68 Å². The van der Waals surface area contributed by atoms with Gasteiger partial charge in [0.05, 0.1) is 12.2 Å². The number of aromatic amines is 1. The molecule has 0 unspecified atom stereocenters. The van der Waals surface area contributed by atoms with Gasteiger partial charge in [0.1, 0.15) is 4.64 Å². The molecule has 7 heteroatoms. The molecular weight excluding hydrogens is 273 g/mol. The Hall–Kier alpha value is -0.950. The number of hydrogen-bond donors (Lipinski definition) is 1. The van der Waals surface area contributed by atoms with Crippen LogP contribution in [0.25, 0.3) is 0 Å². The summed E-state index contributed by atoms with van der Waals surface area (Å²) >= 11 is 5.23. The van der Waals surface area contributed by atoms with Gasteiger partial charge in [-0.15, -0.1) is 0 Å². The number of carbonyl (C=O) groups excluding carboxylic acids is 1. The number of nitrogens with zero attached hydrogens (tertiary/aromatic N) is 2. The van der Waals surface area contributed by atoms with E-state index in [0.29, 0.717) is 23.3 Å². The monoisotopic (exact) mass is 285 g/mol. The minimum atomic E-state index is -1.10. The van der Waals surface area contributed by atoms with Crippen LogP contribution in [-0.2, 0) is 17.8 Å². The molecule has 0 amide bonds. The third kappa shape index (κ3) is 4.58. The van der Waals surface area contributed by atoms with Gasteiger partial charge in [0.2, 0.25) is 0 Å². The molecule has 0 fully saturated rings. The van der Waals surface area contributed by atoms with Crippen molar-refractivity contribution in [2.75, 3.05) is 0 Å². The Morgan fingerprint density at radius 3 is 2.68 bits per heavy atom. The molecule has 5 nitrogen and oxygen atoms in total. The van der Waals surface area contributed by atoms with Crippen LogP contribution in [0.3, 0.4) is 0 Å². The first kappa shape index (κ1) is 16.1. The van der Waals surface area contributed by atoms with E-state index in [4.69, 9.17) is 12.2 Å². The third-order valence-corrected chi connectivity index (χ3v) is 3.00. The van der Waals surface area contributed by atoms with E-state index < -0.39 is 5.97 Å². The van der Waals surface area contributed by atoms with Crippen LogP contribution in [0.15, 0.2) is 30.3 Å².